The van der Waals surface area contributed by atoms with E-state index in [9.17, 15) is 14.4 Å². The second-order valence-corrected chi connectivity index (χ2v) is 6.86. The SMILES string of the molecule is CC(C)(C)OC(=O)CC[C@@](N)(C(=O)O)C(=O)OC(C)(C)C. The van der Waals surface area contributed by atoms with Crippen molar-refractivity contribution in [3.05, 3.63) is 0 Å². The molecule has 122 valence electrons. The van der Waals surface area contributed by atoms with Crippen LogP contribution in [0.2, 0.25) is 0 Å². The number of nitrogens with two attached hydrogens (primary N) is 1. The Kier molecular flexibility index (Phi) is 5.93. The zero-order chi connectivity index (χ0) is 17.1. The van der Waals surface area contributed by atoms with Crippen LogP contribution < -0.4 is 5.73 Å². The molecule has 0 saturated carbocycles. The van der Waals surface area contributed by atoms with Crippen LogP contribution in [0, 0.1) is 0 Å². The number of esters is 2. The van der Waals surface area contributed by atoms with Crippen molar-refractivity contribution in [1.82, 2.24) is 0 Å². The summed E-state index contributed by atoms with van der Waals surface area (Å²) in [5, 5.41) is 9.17. The first-order chi connectivity index (χ1) is 9.17. The van der Waals surface area contributed by atoms with Crippen molar-refractivity contribution < 1.29 is 29.0 Å². The van der Waals surface area contributed by atoms with Crippen LogP contribution in [0.3, 0.4) is 0 Å². The van der Waals surface area contributed by atoms with Crippen molar-refractivity contribution in [2.24, 2.45) is 5.73 Å². The minimum Gasteiger partial charge on any atom is -0.479 e. The number of carbonyl (C=O) groups excluding carboxylic acids is 2. The second-order valence-electron chi connectivity index (χ2n) is 6.86. The molecule has 7 heteroatoms. The molecule has 0 unspecified atom stereocenters. The summed E-state index contributed by atoms with van der Waals surface area (Å²) in [4.78, 5) is 34.8. The molecular weight excluding hydrogens is 278 g/mol. The molecule has 0 aliphatic rings. The zero-order valence-corrected chi connectivity index (χ0v) is 13.5. The van der Waals surface area contributed by atoms with Crippen molar-refractivity contribution in [1.29, 1.82) is 0 Å². The lowest BCUT2D eigenvalue weighted by Gasteiger charge is -2.28. The Labute approximate surface area is 124 Å². The topological polar surface area (TPSA) is 116 Å². The van der Waals surface area contributed by atoms with Crippen molar-refractivity contribution >= 4 is 17.9 Å². The van der Waals surface area contributed by atoms with Gasteiger partial charge in [-0.25, -0.2) is 9.59 Å². The quantitative estimate of drug-likeness (QED) is 0.579. The number of hydrogen-bond acceptors (Lipinski definition) is 6. The Hall–Kier alpha value is -1.63. The second kappa shape index (κ2) is 6.43. The molecule has 0 aromatic heterocycles. The highest BCUT2D eigenvalue weighted by atomic mass is 16.6. The van der Waals surface area contributed by atoms with E-state index >= 15 is 0 Å². The van der Waals surface area contributed by atoms with Crippen molar-refractivity contribution in [2.75, 3.05) is 0 Å². The third-order valence-electron chi connectivity index (χ3n) is 2.29. The average Bonchev–Trinajstić information content (AvgIpc) is 2.20. The number of carbonyl (C=O) groups is 3. The minimum atomic E-state index is -2.27. The van der Waals surface area contributed by atoms with E-state index in [1.165, 1.54) is 0 Å². The largest absolute Gasteiger partial charge is 0.479 e. The van der Waals surface area contributed by atoms with Gasteiger partial charge in [-0.15, -0.1) is 0 Å². The lowest BCUT2D eigenvalue weighted by Crippen LogP contribution is -2.57. The first kappa shape index (κ1) is 19.4. The predicted molar refractivity (Wildman–Crippen MR) is 75.5 cm³/mol. The summed E-state index contributed by atoms with van der Waals surface area (Å²) in [6.45, 7) is 9.85. The van der Waals surface area contributed by atoms with Crippen LogP contribution in [-0.4, -0.2) is 39.8 Å². The standard InChI is InChI=1S/C14H25NO6/c1-12(2,3)20-9(16)7-8-14(15,10(17)18)11(19)21-13(4,5)6/h7-8,15H2,1-6H3,(H,17,18)/t14-/m1/s1. The highest BCUT2D eigenvalue weighted by molar-refractivity contribution is 6.04. The van der Waals surface area contributed by atoms with Gasteiger partial charge in [0, 0.05) is 6.42 Å². The molecule has 3 N–H and O–H groups in total. The highest BCUT2D eigenvalue weighted by Crippen LogP contribution is 2.19. The van der Waals surface area contributed by atoms with E-state index in [1.54, 1.807) is 41.5 Å². The van der Waals surface area contributed by atoms with E-state index in [1.807, 2.05) is 0 Å². The monoisotopic (exact) mass is 303 g/mol. The molecule has 0 rings (SSSR count). The van der Waals surface area contributed by atoms with Gasteiger partial charge in [0.05, 0.1) is 0 Å². The molecule has 0 radical (unpaired) electrons. The minimum absolute atomic E-state index is 0.292. The molecule has 0 amide bonds. The van der Waals surface area contributed by atoms with Gasteiger partial charge in [0.25, 0.3) is 0 Å². The smallest absolute Gasteiger partial charge is 0.338 e. The van der Waals surface area contributed by atoms with Crippen LogP contribution in [0.25, 0.3) is 0 Å². The lowest BCUT2D eigenvalue weighted by molar-refractivity contribution is -0.170. The number of aliphatic carboxylic acids is 1. The Morgan fingerprint density at radius 3 is 1.71 bits per heavy atom. The van der Waals surface area contributed by atoms with Crippen molar-refractivity contribution in [3.63, 3.8) is 0 Å². The molecule has 0 saturated heterocycles. The lowest BCUT2D eigenvalue weighted by atomic mass is 9.94. The summed E-state index contributed by atoms with van der Waals surface area (Å²) in [5.41, 5.74) is 1.79. The van der Waals surface area contributed by atoms with Gasteiger partial charge >= 0.3 is 17.9 Å². The van der Waals surface area contributed by atoms with Gasteiger partial charge in [-0.3, -0.25) is 4.79 Å². The van der Waals surface area contributed by atoms with Crippen LogP contribution in [0.1, 0.15) is 54.4 Å². The first-order valence-electron chi connectivity index (χ1n) is 6.65. The Morgan fingerprint density at radius 1 is 0.952 bits per heavy atom. The maximum atomic E-state index is 11.9. The average molecular weight is 303 g/mol. The fourth-order valence-electron chi connectivity index (χ4n) is 1.36. The summed E-state index contributed by atoms with van der Waals surface area (Å²) in [6.07, 6.45) is -0.689. The Bertz CT molecular complexity index is 418. The van der Waals surface area contributed by atoms with Gasteiger partial charge in [-0.2, -0.15) is 0 Å². The Balaban J connectivity index is 4.88. The number of hydrogen-bond donors (Lipinski definition) is 2. The summed E-state index contributed by atoms with van der Waals surface area (Å²) in [7, 11) is 0. The molecule has 0 aliphatic carbocycles. The highest BCUT2D eigenvalue weighted by Gasteiger charge is 2.45. The number of carboxylic acids is 1. The predicted octanol–water partition coefficient (Wildman–Crippen LogP) is 1.23. The third-order valence-corrected chi connectivity index (χ3v) is 2.29. The number of rotatable bonds is 5. The number of carboxylic acid groups (broad SMARTS) is 1. The molecule has 7 nitrogen and oxygen atoms in total. The van der Waals surface area contributed by atoms with Crippen LogP contribution >= 0.6 is 0 Å². The molecule has 0 bridgehead atoms. The van der Waals surface area contributed by atoms with Gasteiger partial charge < -0.3 is 20.3 Å². The maximum Gasteiger partial charge on any atom is 0.338 e. The molecular formula is C14H25NO6. The summed E-state index contributed by atoms with van der Waals surface area (Å²) in [5.74, 6) is -3.24. The summed E-state index contributed by atoms with van der Waals surface area (Å²) < 4.78 is 10.1. The van der Waals surface area contributed by atoms with Crippen LogP contribution in [0.4, 0.5) is 0 Å². The van der Waals surface area contributed by atoms with Crippen LogP contribution in [0.5, 0.6) is 0 Å². The van der Waals surface area contributed by atoms with Gasteiger partial charge in [0.15, 0.2) is 0 Å². The summed E-state index contributed by atoms with van der Waals surface area (Å²) in [6, 6.07) is 0. The van der Waals surface area contributed by atoms with Gasteiger partial charge in [-0.1, -0.05) is 0 Å². The van der Waals surface area contributed by atoms with Gasteiger partial charge in [0.1, 0.15) is 11.2 Å². The zero-order valence-electron chi connectivity index (χ0n) is 13.5. The number of ether oxygens (including phenoxy) is 2. The molecule has 0 aromatic carbocycles. The summed E-state index contributed by atoms with van der Waals surface area (Å²) >= 11 is 0. The fourth-order valence-corrected chi connectivity index (χ4v) is 1.36. The van der Waals surface area contributed by atoms with E-state index in [-0.39, 0.29) is 6.42 Å². The molecule has 0 fully saturated rings. The van der Waals surface area contributed by atoms with Crippen LogP contribution in [0.15, 0.2) is 0 Å². The van der Waals surface area contributed by atoms with Crippen molar-refractivity contribution in [2.45, 2.75) is 71.1 Å². The van der Waals surface area contributed by atoms with Crippen LogP contribution in [-0.2, 0) is 23.9 Å². The van der Waals surface area contributed by atoms with Crippen molar-refractivity contribution in [3.8, 4) is 0 Å². The molecule has 0 aliphatic heterocycles. The fraction of sp³-hybridized carbons (Fsp3) is 0.786. The van der Waals surface area contributed by atoms with Gasteiger partial charge in [-0.05, 0) is 48.0 Å². The maximum absolute atomic E-state index is 11.9. The molecule has 0 aromatic rings. The van der Waals surface area contributed by atoms with E-state index in [0.717, 1.165) is 0 Å². The normalized spacial score (nSPS) is 15.0. The Morgan fingerprint density at radius 2 is 1.38 bits per heavy atom. The third kappa shape index (κ3) is 7.08. The van der Waals surface area contributed by atoms with E-state index < -0.39 is 41.1 Å². The molecule has 21 heavy (non-hydrogen) atoms. The van der Waals surface area contributed by atoms with E-state index in [2.05, 4.69) is 0 Å². The van der Waals surface area contributed by atoms with E-state index in [0.29, 0.717) is 0 Å². The molecule has 1 atom stereocenters. The van der Waals surface area contributed by atoms with Gasteiger partial charge in [0.2, 0.25) is 5.54 Å². The molecule has 0 heterocycles. The van der Waals surface area contributed by atoms with E-state index in [4.69, 9.17) is 20.3 Å². The first-order valence-corrected chi connectivity index (χ1v) is 6.65. The molecule has 0 spiro atoms.